The second-order valence-corrected chi connectivity index (χ2v) is 7.59. The highest BCUT2D eigenvalue weighted by molar-refractivity contribution is 6.30. The smallest absolute Gasteiger partial charge is 0.410 e. The van der Waals surface area contributed by atoms with Gasteiger partial charge in [0.05, 0.1) is 12.1 Å². The fraction of sp³-hybridized carbons (Fsp3) is 0.261. The molecular formula is C23H21ClFNO2. The molecule has 144 valence electrons. The van der Waals surface area contributed by atoms with Gasteiger partial charge in [-0.15, -0.1) is 0 Å². The van der Waals surface area contributed by atoms with Crippen molar-refractivity contribution in [2.45, 2.75) is 38.2 Å². The van der Waals surface area contributed by atoms with Gasteiger partial charge in [0, 0.05) is 11.4 Å². The van der Waals surface area contributed by atoms with E-state index in [1.54, 1.807) is 17.0 Å². The molecule has 3 aromatic rings. The Morgan fingerprint density at radius 2 is 1.82 bits per heavy atom. The van der Waals surface area contributed by atoms with Crippen LogP contribution in [-0.2, 0) is 11.3 Å². The number of ether oxygens (including phenoxy) is 1. The van der Waals surface area contributed by atoms with Gasteiger partial charge in [0.15, 0.2) is 0 Å². The van der Waals surface area contributed by atoms with Crippen LogP contribution in [0, 0.1) is 0 Å². The quantitative estimate of drug-likeness (QED) is 0.505. The molecule has 0 radical (unpaired) electrons. The summed E-state index contributed by atoms with van der Waals surface area (Å²) in [5.41, 5.74) is 1.82. The maximum Gasteiger partial charge on any atom is 0.410 e. The number of rotatable bonds is 5. The van der Waals surface area contributed by atoms with Crippen LogP contribution < -0.4 is 0 Å². The number of hydrogen-bond donors (Lipinski definition) is 0. The molecule has 3 nitrogen and oxygen atoms in total. The topological polar surface area (TPSA) is 29.5 Å². The maximum atomic E-state index is 13.9. The molecule has 28 heavy (non-hydrogen) atoms. The van der Waals surface area contributed by atoms with E-state index in [4.69, 9.17) is 16.3 Å². The molecule has 3 atom stereocenters. The highest BCUT2D eigenvalue weighted by atomic mass is 35.5. The lowest BCUT2D eigenvalue weighted by Gasteiger charge is -2.29. The minimum absolute atomic E-state index is 0.123. The van der Waals surface area contributed by atoms with Crippen molar-refractivity contribution >= 4 is 28.5 Å². The number of hydrogen-bond acceptors (Lipinski definition) is 2. The van der Waals surface area contributed by atoms with Gasteiger partial charge in [-0.1, -0.05) is 66.2 Å². The van der Waals surface area contributed by atoms with E-state index in [0.717, 1.165) is 21.9 Å². The van der Waals surface area contributed by atoms with Gasteiger partial charge in [0.25, 0.3) is 0 Å². The summed E-state index contributed by atoms with van der Waals surface area (Å²) in [5.74, 6) is 0. The standard InChI is InChI=1S/C23H21ClFNO2/c1-15(19-8-4-6-17-5-2-3-7-20(17)19)26(22-13-21(22)25)23(27)28-14-16-9-11-18(24)12-10-16/h2-12,15,21-22H,13-14H2,1H3/t15-,21+,22+/m0/s1. The Kier molecular flexibility index (Phi) is 5.23. The number of fused-ring (bicyclic) bond motifs is 1. The number of alkyl halides is 1. The van der Waals surface area contributed by atoms with Gasteiger partial charge in [-0.3, -0.25) is 4.90 Å². The third-order valence-electron chi connectivity index (χ3n) is 5.22. The first-order valence-electron chi connectivity index (χ1n) is 9.36. The minimum atomic E-state index is -1.000. The summed E-state index contributed by atoms with van der Waals surface area (Å²) in [5, 5.41) is 2.78. The van der Waals surface area contributed by atoms with Crippen LogP contribution in [-0.4, -0.2) is 23.2 Å². The lowest BCUT2D eigenvalue weighted by Crippen LogP contribution is -2.37. The van der Waals surface area contributed by atoms with Crippen LogP contribution in [0.4, 0.5) is 9.18 Å². The largest absolute Gasteiger partial charge is 0.445 e. The zero-order valence-corrected chi connectivity index (χ0v) is 16.3. The van der Waals surface area contributed by atoms with Gasteiger partial charge in [-0.2, -0.15) is 0 Å². The van der Waals surface area contributed by atoms with Crippen molar-refractivity contribution in [2.75, 3.05) is 0 Å². The molecule has 0 spiro atoms. The van der Waals surface area contributed by atoms with Crippen molar-refractivity contribution in [3.63, 3.8) is 0 Å². The van der Waals surface area contributed by atoms with E-state index < -0.39 is 18.3 Å². The molecule has 0 unspecified atom stereocenters. The lowest BCUT2D eigenvalue weighted by molar-refractivity contribution is 0.0763. The SMILES string of the molecule is C[C@@H](c1cccc2ccccc12)N(C(=O)OCc1ccc(Cl)cc1)[C@@H]1C[C@H]1F. The van der Waals surface area contributed by atoms with E-state index >= 15 is 0 Å². The normalized spacial score (nSPS) is 19.2. The fourth-order valence-corrected chi connectivity index (χ4v) is 3.71. The molecular weight excluding hydrogens is 377 g/mol. The van der Waals surface area contributed by atoms with Gasteiger partial charge < -0.3 is 4.74 Å². The first kappa shape index (κ1) is 18.8. The van der Waals surface area contributed by atoms with Crippen LogP contribution in [0.3, 0.4) is 0 Å². The second kappa shape index (κ2) is 7.80. The summed E-state index contributed by atoms with van der Waals surface area (Å²) in [6.45, 7) is 2.05. The summed E-state index contributed by atoms with van der Waals surface area (Å²) in [6.07, 6.45) is -1.15. The Bertz CT molecular complexity index is 986. The van der Waals surface area contributed by atoms with Crippen LogP contribution in [0.15, 0.2) is 66.7 Å². The van der Waals surface area contributed by atoms with Crippen molar-refractivity contribution < 1.29 is 13.9 Å². The average Bonchev–Trinajstić information content (AvgIpc) is 3.43. The molecule has 1 aliphatic rings. The predicted molar refractivity (Wildman–Crippen MR) is 109 cm³/mol. The number of carbonyl (C=O) groups is 1. The molecule has 3 aromatic carbocycles. The second-order valence-electron chi connectivity index (χ2n) is 7.15. The Morgan fingerprint density at radius 3 is 2.54 bits per heavy atom. The lowest BCUT2D eigenvalue weighted by atomic mass is 9.99. The molecule has 0 bridgehead atoms. The molecule has 0 aliphatic heterocycles. The van der Waals surface area contributed by atoms with Crippen LogP contribution in [0.1, 0.15) is 30.5 Å². The van der Waals surface area contributed by atoms with E-state index in [9.17, 15) is 9.18 Å². The third kappa shape index (κ3) is 3.83. The molecule has 0 aromatic heterocycles. The number of nitrogens with zero attached hydrogens (tertiary/aromatic N) is 1. The summed E-state index contributed by atoms with van der Waals surface area (Å²) in [7, 11) is 0. The number of halogens is 2. The monoisotopic (exact) mass is 397 g/mol. The minimum Gasteiger partial charge on any atom is -0.445 e. The molecule has 1 amide bonds. The zero-order valence-electron chi connectivity index (χ0n) is 15.5. The highest BCUT2D eigenvalue weighted by Crippen LogP contribution is 2.39. The van der Waals surface area contributed by atoms with Crippen molar-refractivity contribution in [3.05, 3.63) is 82.9 Å². The van der Waals surface area contributed by atoms with Crippen molar-refractivity contribution in [1.82, 2.24) is 4.90 Å². The average molecular weight is 398 g/mol. The van der Waals surface area contributed by atoms with Crippen molar-refractivity contribution in [3.8, 4) is 0 Å². The van der Waals surface area contributed by atoms with Gasteiger partial charge in [-0.05, 0) is 41.0 Å². The Morgan fingerprint density at radius 1 is 1.14 bits per heavy atom. The van der Waals surface area contributed by atoms with Crippen molar-refractivity contribution in [1.29, 1.82) is 0 Å². The predicted octanol–water partition coefficient (Wildman–Crippen LogP) is 6.30. The molecule has 1 aliphatic carbocycles. The molecule has 0 N–H and O–H groups in total. The molecule has 4 rings (SSSR count). The van der Waals surface area contributed by atoms with Crippen LogP contribution in [0.25, 0.3) is 10.8 Å². The highest BCUT2D eigenvalue weighted by Gasteiger charge is 2.47. The van der Waals surface area contributed by atoms with E-state index in [-0.39, 0.29) is 12.6 Å². The van der Waals surface area contributed by atoms with Crippen LogP contribution in [0.5, 0.6) is 0 Å². The number of benzene rings is 3. The van der Waals surface area contributed by atoms with E-state index in [0.29, 0.717) is 11.4 Å². The van der Waals surface area contributed by atoms with Gasteiger partial charge in [-0.25, -0.2) is 9.18 Å². The summed E-state index contributed by atoms with van der Waals surface area (Å²) in [6, 6.07) is 20.4. The van der Waals surface area contributed by atoms with Crippen LogP contribution in [0.2, 0.25) is 5.02 Å². The van der Waals surface area contributed by atoms with Gasteiger partial charge in [0.1, 0.15) is 12.8 Å². The first-order valence-corrected chi connectivity index (χ1v) is 9.73. The van der Waals surface area contributed by atoms with Gasteiger partial charge in [0.2, 0.25) is 0 Å². The third-order valence-corrected chi connectivity index (χ3v) is 5.47. The van der Waals surface area contributed by atoms with Crippen LogP contribution >= 0.6 is 11.6 Å². The molecule has 1 fully saturated rings. The molecule has 0 heterocycles. The molecule has 5 heteroatoms. The van der Waals surface area contributed by atoms with E-state index in [1.807, 2.05) is 61.5 Å². The first-order chi connectivity index (χ1) is 13.5. The van der Waals surface area contributed by atoms with E-state index in [2.05, 4.69) is 0 Å². The van der Waals surface area contributed by atoms with Crippen molar-refractivity contribution in [2.24, 2.45) is 0 Å². The molecule has 0 saturated heterocycles. The number of amides is 1. The molecule has 1 saturated carbocycles. The fourth-order valence-electron chi connectivity index (χ4n) is 3.59. The van der Waals surface area contributed by atoms with E-state index in [1.165, 1.54) is 0 Å². The zero-order chi connectivity index (χ0) is 19.7. The van der Waals surface area contributed by atoms with Gasteiger partial charge >= 0.3 is 6.09 Å². The Hall–Kier alpha value is -2.59. The summed E-state index contributed by atoms with van der Waals surface area (Å²) < 4.78 is 19.4. The number of carbonyl (C=O) groups excluding carboxylic acids is 1. The summed E-state index contributed by atoms with van der Waals surface area (Å²) >= 11 is 5.89. The Labute approximate surface area is 168 Å². The Balaban J connectivity index is 1.57. The maximum absolute atomic E-state index is 13.9. The summed E-state index contributed by atoms with van der Waals surface area (Å²) in [4.78, 5) is 14.4.